The number of carboxylic acid groups (broad SMARTS) is 1. The number of carbonyl (C=O) groups is 1. The molecule has 0 unspecified atom stereocenters. The summed E-state index contributed by atoms with van der Waals surface area (Å²) >= 11 is 3.18. The first-order chi connectivity index (χ1) is 6.50. The molecule has 74 valence electrons. The lowest BCUT2D eigenvalue weighted by atomic mass is 10.1. The Morgan fingerprint density at radius 3 is 2.79 bits per heavy atom. The number of hydrogen-bond acceptors (Lipinski definition) is 1. The number of benzene rings is 1. The molecule has 1 aromatic rings. The molecule has 0 bridgehead atoms. The van der Waals surface area contributed by atoms with Crippen molar-refractivity contribution in [2.75, 3.05) is 0 Å². The summed E-state index contributed by atoms with van der Waals surface area (Å²) in [6.45, 7) is 1.81. The highest BCUT2D eigenvalue weighted by Crippen LogP contribution is 2.21. The molecule has 2 nitrogen and oxygen atoms in total. The number of carboxylic acids is 1. The fraction of sp³-hybridized carbons (Fsp3) is 0.100. The van der Waals surface area contributed by atoms with Gasteiger partial charge in [-0.1, -0.05) is 15.9 Å². The molecule has 0 atom stereocenters. The van der Waals surface area contributed by atoms with Crippen molar-refractivity contribution in [2.45, 2.75) is 6.92 Å². The molecular weight excluding hydrogens is 251 g/mol. The maximum absolute atomic E-state index is 13.2. The first-order valence-electron chi connectivity index (χ1n) is 3.87. The maximum Gasteiger partial charge on any atom is 0.328 e. The summed E-state index contributed by atoms with van der Waals surface area (Å²) in [6.07, 6.45) is 2.14. The Morgan fingerprint density at radius 1 is 1.57 bits per heavy atom. The standard InChI is InChI=1S/C10H8BrFO2/c1-6-4-7(2-3-10(13)14)9(12)5-8(6)11/h2-5H,1H3,(H,13,14). The Kier molecular flexibility index (Phi) is 3.41. The lowest BCUT2D eigenvalue weighted by molar-refractivity contribution is -0.131. The number of hydrogen-bond donors (Lipinski definition) is 1. The van der Waals surface area contributed by atoms with Crippen LogP contribution >= 0.6 is 15.9 Å². The average molecular weight is 259 g/mol. The summed E-state index contributed by atoms with van der Waals surface area (Å²) in [5.74, 6) is -1.54. The highest BCUT2D eigenvalue weighted by atomic mass is 79.9. The van der Waals surface area contributed by atoms with Crippen LogP contribution in [-0.2, 0) is 4.79 Å². The highest BCUT2D eigenvalue weighted by Gasteiger charge is 2.03. The van der Waals surface area contributed by atoms with Gasteiger partial charge in [0.25, 0.3) is 0 Å². The van der Waals surface area contributed by atoms with E-state index in [4.69, 9.17) is 5.11 Å². The lowest BCUT2D eigenvalue weighted by Gasteiger charge is -2.01. The quantitative estimate of drug-likeness (QED) is 0.829. The summed E-state index contributed by atoms with van der Waals surface area (Å²) in [6, 6.07) is 2.90. The number of aliphatic carboxylic acids is 1. The summed E-state index contributed by atoms with van der Waals surface area (Å²) < 4.78 is 13.9. The molecule has 0 aliphatic carbocycles. The summed E-state index contributed by atoms with van der Waals surface area (Å²) in [4.78, 5) is 10.2. The predicted molar refractivity (Wildman–Crippen MR) is 55.5 cm³/mol. The third-order valence-corrected chi connectivity index (χ3v) is 2.54. The van der Waals surface area contributed by atoms with E-state index in [9.17, 15) is 9.18 Å². The first-order valence-corrected chi connectivity index (χ1v) is 4.66. The lowest BCUT2D eigenvalue weighted by Crippen LogP contribution is -1.89. The van der Waals surface area contributed by atoms with Crippen LogP contribution < -0.4 is 0 Å². The minimum Gasteiger partial charge on any atom is -0.478 e. The Balaban J connectivity index is 3.10. The van der Waals surface area contributed by atoms with Gasteiger partial charge in [-0.25, -0.2) is 9.18 Å². The zero-order valence-corrected chi connectivity index (χ0v) is 9.01. The van der Waals surface area contributed by atoms with E-state index in [1.54, 1.807) is 6.07 Å². The predicted octanol–water partition coefficient (Wildman–Crippen LogP) is 2.99. The molecule has 0 heterocycles. The normalized spacial score (nSPS) is 10.8. The molecule has 0 aliphatic heterocycles. The molecule has 14 heavy (non-hydrogen) atoms. The average Bonchev–Trinajstić information content (AvgIpc) is 2.09. The van der Waals surface area contributed by atoms with Crippen LogP contribution in [0.4, 0.5) is 4.39 Å². The monoisotopic (exact) mass is 258 g/mol. The Morgan fingerprint density at radius 2 is 2.21 bits per heavy atom. The van der Waals surface area contributed by atoms with Crippen molar-refractivity contribution >= 4 is 28.0 Å². The van der Waals surface area contributed by atoms with Gasteiger partial charge in [-0.15, -0.1) is 0 Å². The molecule has 0 amide bonds. The van der Waals surface area contributed by atoms with Crippen molar-refractivity contribution in [2.24, 2.45) is 0 Å². The molecule has 0 aliphatic rings. The molecule has 0 spiro atoms. The van der Waals surface area contributed by atoms with E-state index in [-0.39, 0.29) is 5.56 Å². The molecule has 0 aromatic heterocycles. The highest BCUT2D eigenvalue weighted by molar-refractivity contribution is 9.10. The van der Waals surface area contributed by atoms with Crippen molar-refractivity contribution < 1.29 is 14.3 Å². The second-order valence-corrected chi connectivity index (χ2v) is 3.65. The summed E-state index contributed by atoms with van der Waals surface area (Å²) in [5.41, 5.74) is 1.13. The van der Waals surface area contributed by atoms with Crippen LogP contribution in [0.2, 0.25) is 0 Å². The van der Waals surface area contributed by atoms with Crippen molar-refractivity contribution in [1.82, 2.24) is 0 Å². The smallest absolute Gasteiger partial charge is 0.328 e. The third kappa shape index (κ3) is 2.67. The largest absolute Gasteiger partial charge is 0.478 e. The van der Waals surface area contributed by atoms with Crippen LogP contribution in [0.15, 0.2) is 22.7 Å². The topological polar surface area (TPSA) is 37.3 Å². The number of aryl methyl sites for hydroxylation is 1. The molecular formula is C10H8BrFO2. The van der Waals surface area contributed by atoms with Gasteiger partial charge in [0.2, 0.25) is 0 Å². The Hall–Kier alpha value is -1.16. The molecule has 0 saturated heterocycles. The molecule has 1 N–H and O–H groups in total. The fourth-order valence-corrected chi connectivity index (χ4v) is 1.28. The van der Waals surface area contributed by atoms with E-state index in [0.29, 0.717) is 4.47 Å². The molecule has 0 fully saturated rings. The molecule has 0 saturated carbocycles. The molecule has 1 rings (SSSR count). The molecule has 4 heteroatoms. The van der Waals surface area contributed by atoms with Gasteiger partial charge in [0.05, 0.1) is 0 Å². The van der Waals surface area contributed by atoms with Crippen LogP contribution in [0.25, 0.3) is 6.08 Å². The van der Waals surface area contributed by atoms with Crippen molar-refractivity contribution in [1.29, 1.82) is 0 Å². The number of halogens is 2. The zero-order chi connectivity index (χ0) is 10.7. The Bertz CT molecular complexity index is 399. The van der Waals surface area contributed by atoms with Crippen LogP contribution in [0, 0.1) is 12.7 Å². The van der Waals surface area contributed by atoms with Gasteiger partial charge in [0.15, 0.2) is 0 Å². The van der Waals surface area contributed by atoms with E-state index in [1.807, 2.05) is 6.92 Å². The fourth-order valence-electron chi connectivity index (χ4n) is 0.968. The van der Waals surface area contributed by atoms with E-state index in [0.717, 1.165) is 11.6 Å². The van der Waals surface area contributed by atoms with Gasteiger partial charge in [-0.2, -0.15) is 0 Å². The van der Waals surface area contributed by atoms with Crippen LogP contribution in [0.1, 0.15) is 11.1 Å². The molecule has 1 aromatic carbocycles. The summed E-state index contributed by atoms with van der Waals surface area (Å²) in [7, 11) is 0. The van der Waals surface area contributed by atoms with Gasteiger partial charge in [0.1, 0.15) is 5.82 Å². The van der Waals surface area contributed by atoms with Gasteiger partial charge < -0.3 is 5.11 Å². The van der Waals surface area contributed by atoms with Crippen LogP contribution in [0.5, 0.6) is 0 Å². The van der Waals surface area contributed by atoms with E-state index < -0.39 is 11.8 Å². The maximum atomic E-state index is 13.2. The Labute approximate surface area is 89.2 Å². The van der Waals surface area contributed by atoms with Crippen LogP contribution in [0.3, 0.4) is 0 Å². The van der Waals surface area contributed by atoms with Gasteiger partial charge in [-0.05, 0) is 30.7 Å². The second-order valence-electron chi connectivity index (χ2n) is 2.79. The summed E-state index contributed by atoms with van der Waals surface area (Å²) in [5, 5.41) is 8.37. The second kappa shape index (κ2) is 4.37. The SMILES string of the molecule is Cc1cc(C=CC(=O)O)c(F)cc1Br. The first kappa shape index (κ1) is 10.9. The van der Waals surface area contributed by atoms with Crippen molar-refractivity contribution in [3.8, 4) is 0 Å². The van der Waals surface area contributed by atoms with Crippen molar-refractivity contribution in [3.05, 3.63) is 39.6 Å². The van der Waals surface area contributed by atoms with E-state index in [2.05, 4.69) is 15.9 Å². The minimum absolute atomic E-state index is 0.271. The van der Waals surface area contributed by atoms with E-state index >= 15 is 0 Å². The van der Waals surface area contributed by atoms with Crippen molar-refractivity contribution in [3.63, 3.8) is 0 Å². The minimum atomic E-state index is -1.09. The van der Waals surface area contributed by atoms with E-state index in [1.165, 1.54) is 12.1 Å². The third-order valence-electron chi connectivity index (χ3n) is 1.68. The van der Waals surface area contributed by atoms with Gasteiger partial charge >= 0.3 is 5.97 Å². The number of rotatable bonds is 2. The van der Waals surface area contributed by atoms with Gasteiger partial charge in [-0.3, -0.25) is 0 Å². The van der Waals surface area contributed by atoms with Crippen LogP contribution in [-0.4, -0.2) is 11.1 Å². The van der Waals surface area contributed by atoms with Gasteiger partial charge in [0, 0.05) is 16.1 Å². The zero-order valence-electron chi connectivity index (χ0n) is 7.42. The molecule has 0 radical (unpaired) electrons.